The van der Waals surface area contributed by atoms with E-state index in [2.05, 4.69) is 30.2 Å². The third kappa shape index (κ3) is 4.00. The zero-order valence-electron chi connectivity index (χ0n) is 13.8. The molecule has 11 heteroatoms. The van der Waals surface area contributed by atoms with Crippen LogP contribution in [0.2, 0.25) is 0 Å². The van der Waals surface area contributed by atoms with Gasteiger partial charge in [-0.2, -0.15) is 10.2 Å². The summed E-state index contributed by atoms with van der Waals surface area (Å²) in [5.41, 5.74) is 0.777. The van der Waals surface area contributed by atoms with Crippen LogP contribution in [0.1, 0.15) is 13.3 Å². The Kier molecular flexibility index (Phi) is 4.76. The molecule has 0 aliphatic heterocycles. The molecule has 0 unspecified atom stereocenters. The summed E-state index contributed by atoms with van der Waals surface area (Å²) in [5, 5.41) is 11.2. The maximum Gasteiger partial charge on any atom is 0.243 e. The van der Waals surface area contributed by atoms with Crippen LogP contribution in [0.15, 0.2) is 42.1 Å². The average molecular weight is 362 g/mol. The molecule has 10 nitrogen and oxygen atoms in total. The lowest BCUT2D eigenvalue weighted by Crippen LogP contribution is -2.23. The van der Waals surface area contributed by atoms with E-state index in [0.717, 1.165) is 5.69 Å². The Morgan fingerprint density at radius 2 is 2.00 bits per heavy atom. The fraction of sp³-hybridized carbons (Fsp3) is 0.286. The molecule has 3 aromatic rings. The Balaban J connectivity index is 1.82. The summed E-state index contributed by atoms with van der Waals surface area (Å²) < 4.78 is 29.8. The lowest BCUT2D eigenvalue weighted by molar-refractivity contribution is 0.581. The highest BCUT2D eigenvalue weighted by Crippen LogP contribution is 2.16. The summed E-state index contributed by atoms with van der Waals surface area (Å²) in [7, 11) is -1.75. The first-order valence-corrected chi connectivity index (χ1v) is 9.08. The van der Waals surface area contributed by atoms with Crippen molar-refractivity contribution >= 4 is 21.5 Å². The van der Waals surface area contributed by atoms with Crippen molar-refractivity contribution in [2.45, 2.75) is 18.2 Å². The fourth-order valence-corrected chi connectivity index (χ4v) is 3.13. The van der Waals surface area contributed by atoms with Crippen LogP contribution >= 0.6 is 0 Å². The summed E-state index contributed by atoms with van der Waals surface area (Å²) in [6.07, 6.45) is 8.25. The molecule has 3 heterocycles. The first-order chi connectivity index (χ1) is 12.0. The molecular weight excluding hydrogens is 344 g/mol. The van der Waals surface area contributed by atoms with Crippen molar-refractivity contribution in [3.8, 4) is 5.82 Å². The largest absolute Gasteiger partial charge is 0.338 e. The molecule has 132 valence electrons. The van der Waals surface area contributed by atoms with Crippen molar-refractivity contribution in [1.29, 1.82) is 0 Å². The maximum atomic E-state index is 12.1. The van der Waals surface area contributed by atoms with E-state index in [1.54, 1.807) is 23.1 Å². The molecule has 3 aromatic heterocycles. The molecule has 0 fully saturated rings. The van der Waals surface area contributed by atoms with Crippen LogP contribution in [0.5, 0.6) is 0 Å². The average Bonchev–Trinajstić information content (AvgIpc) is 3.23. The normalized spacial score (nSPS) is 11.6. The summed E-state index contributed by atoms with van der Waals surface area (Å²) in [6.45, 7) is 2.27. The lowest BCUT2D eigenvalue weighted by atomic mass is 10.5. The minimum absolute atomic E-state index is 0.0846. The molecule has 0 saturated carbocycles. The number of rotatable bonds is 7. The molecule has 25 heavy (non-hydrogen) atoms. The fourth-order valence-electron chi connectivity index (χ4n) is 2.06. The standard InChI is InChI=1S/C14H18N8O2S/c1-3-4-19-25(23,24)12-7-18-22(9-12)14-5-13(15-10-16-14)20-11-6-17-21(2)8-11/h5-10,19H,3-4H2,1-2H3,(H,15,16,20). The number of sulfonamides is 1. The van der Waals surface area contributed by atoms with E-state index in [4.69, 9.17) is 0 Å². The highest BCUT2D eigenvalue weighted by atomic mass is 32.2. The third-order valence-corrected chi connectivity index (χ3v) is 4.69. The molecule has 0 aliphatic rings. The second-order valence-electron chi connectivity index (χ2n) is 5.31. The zero-order chi connectivity index (χ0) is 17.9. The monoisotopic (exact) mass is 362 g/mol. The van der Waals surface area contributed by atoms with E-state index in [1.165, 1.54) is 23.4 Å². The van der Waals surface area contributed by atoms with Crippen molar-refractivity contribution in [2.24, 2.45) is 7.05 Å². The van der Waals surface area contributed by atoms with Crippen LogP contribution in [0, 0.1) is 0 Å². The Labute approximate surface area is 145 Å². The van der Waals surface area contributed by atoms with E-state index in [-0.39, 0.29) is 4.90 Å². The summed E-state index contributed by atoms with van der Waals surface area (Å²) in [5.74, 6) is 0.986. The molecule has 2 N–H and O–H groups in total. The van der Waals surface area contributed by atoms with Crippen molar-refractivity contribution in [3.05, 3.63) is 37.2 Å². The first kappa shape index (κ1) is 17.0. The van der Waals surface area contributed by atoms with Gasteiger partial charge in [-0.3, -0.25) is 4.68 Å². The van der Waals surface area contributed by atoms with Gasteiger partial charge < -0.3 is 5.32 Å². The highest BCUT2D eigenvalue weighted by molar-refractivity contribution is 7.89. The second-order valence-corrected chi connectivity index (χ2v) is 7.07. The third-order valence-electron chi connectivity index (χ3n) is 3.28. The predicted molar refractivity (Wildman–Crippen MR) is 91.1 cm³/mol. The number of hydrogen-bond donors (Lipinski definition) is 2. The molecule has 0 spiro atoms. The van der Waals surface area contributed by atoms with Crippen LogP contribution < -0.4 is 10.0 Å². The van der Waals surface area contributed by atoms with Crippen LogP contribution in [0.3, 0.4) is 0 Å². The SMILES string of the molecule is CCCNS(=O)(=O)c1cnn(-c2cc(Nc3cnn(C)c3)ncn2)c1. The molecule has 0 amide bonds. The van der Waals surface area contributed by atoms with Gasteiger partial charge in [0.2, 0.25) is 10.0 Å². The van der Waals surface area contributed by atoms with Gasteiger partial charge in [0, 0.05) is 25.9 Å². The highest BCUT2D eigenvalue weighted by Gasteiger charge is 2.16. The minimum atomic E-state index is -3.57. The van der Waals surface area contributed by atoms with Gasteiger partial charge in [0.25, 0.3) is 0 Å². The second kappa shape index (κ2) is 6.99. The Bertz CT molecular complexity index is 963. The van der Waals surface area contributed by atoms with Crippen molar-refractivity contribution < 1.29 is 8.42 Å². The van der Waals surface area contributed by atoms with E-state index in [9.17, 15) is 8.42 Å². The predicted octanol–water partition coefficient (Wildman–Crippen LogP) is 0.828. The van der Waals surface area contributed by atoms with Crippen LogP contribution in [-0.2, 0) is 17.1 Å². The van der Waals surface area contributed by atoms with Gasteiger partial charge in [-0.1, -0.05) is 6.92 Å². The minimum Gasteiger partial charge on any atom is -0.338 e. The van der Waals surface area contributed by atoms with Gasteiger partial charge in [-0.25, -0.2) is 27.8 Å². The van der Waals surface area contributed by atoms with Crippen molar-refractivity contribution in [2.75, 3.05) is 11.9 Å². The Morgan fingerprint density at radius 1 is 1.16 bits per heavy atom. The van der Waals surface area contributed by atoms with Crippen molar-refractivity contribution in [1.82, 2.24) is 34.3 Å². The molecule has 0 atom stereocenters. The number of anilines is 2. The number of hydrogen-bond acceptors (Lipinski definition) is 7. The number of nitrogens with one attached hydrogen (secondary N) is 2. The van der Waals surface area contributed by atoms with Gasteiger partial charge in [-0.05, 0) is 6.42 Å². The van der Waals surface area contributed by atoms with Crippen molar-refractivity contribution in [3.63, 3.8) is 0 Å². The summed E-state index contributed by atoms with van der Waals surface area (Å²) >= 11 is 0. The lowest BCUT2D eigenvalue weighted by Gasteiger charge is -2.05. The van der Waals surface area contributed by atoms with E-state index < -0.39 is 10.0 Å². The van der Waals surface area contributed by atoms with Gasteiger partial charge >= 0.3 is 0 Å². The van der Waals surface area contributed by atoms with Gasteiger partial charge in [-0.15, -0.1) is 0 Å². The molecular formula is C14H18N8O2S. The smallest absolute Gasteiger partial charge is 0.243 e. The molecule has 0 radical (unpaired) electrons. The van der Waals surface area contributed by atoms with Crippen LogP contribution in [-0.4, -0.2) is 44.5 Å². The van der Waals surface area contributed by atoms with E-state index in [1.807, 2.05) is 14.0 Å². The quantitative estimate of drug-likeness (QED) is 0.639. The number of aromatic nitrogens is 6. The molecule has 0 aliphatic carbocycles. The first-order valence-electron chi connectivity index (χ1n) is 7.60. The van der Waals surface area contributed by atoms with Gasteiger partial charge in [0.15, 0.2) is 5.82 Å². The van der Waals surface area contributed by atoms with Crippen LogP contribution in [0.4, 0.5) is 11.5 Å². The molecule has 0 saturated heterocycles. The van der Waals surface area contributed by atoms with Crippen LogP contribution in [0.25, 0.3) is 5.82 Å². The molecule has 3 rings (SSSR count). The topological polar surface area (TPSA) is 120 Å². The number of nitrogens with zero attached hydrogens (tertiary/aromatic N) is 6. The van der Waals surface area contributed by atoms with E-state index >= 15 is 0 Å². The molecule has 0 aromatic carbocycles. The zero-order valence-corrected chi connectivity index (χ0v) is 14.6. The Morgan fingerprint density at radius 3 is 2.72 bits per heavy atom. The molecule has 0 bridgehead atoms. The number of aryl methyl sites for hydroxylation is 1. The summed E-state index contributed by atoms with van der Waals surface area (Å²) in [4.78, 5) is 8.35. The Hall–Kier alpha value is -2.79. The maximum absolute atomic E-state index is 12.1. The van der Waals surface area contributed by atoms with E-state index in [0.29, 0.717) is 24.6 Å². The van der Waals surface area contributed by atoms with Gasteiger partial charge in [0.05, 0.1) is 24.3 Å². The van der Waals surface area contributed by atoms with Gasteiger partial charge in [0.1, 0.15) is 17.0 Å². The summed E-state index contributed by atoms with van der Waals surface area (Å²) in [6, 6.07) is 1.66.